The molecule has 0 unspecified atom stereocenters. The molecule has 0 aromatic heterocycles. The van der Waals surface area contributed by atoms with Crippen molar-refractivity contribution in [2.75, 3.05) is 9.80 Å². The zero-order valence-electron chi connectivity index (χ0n) is 67.5. The lowest BCUT2D eigenvalue weighted by Crippen LogP contribution is -2.10. The third-order valence-electron chi connectivity index (χ3n) is 8.93. The molecule has 0 aliphatic carbocycles. The number of para-hydroxylation sites is 1. The SMILES string of the molecule is [2H]c1c([2H])c([2H])c(-c2c([2H])c([2H])c(-c3c([2H])c([2H])c(N(c4ccc(-c5ccc(N(c6c([2H])c([2H])c(-c7c([2H])c([2H])c([2H])c([2H])c7[2H])c([2H])c6[2H])c6c([2H])c([2H])c(-c7c([2H])c([2H])c([2H])c([2H])c7[2H])c([2H])c6[2H])cc5)cc4)c4c([2H])c([2H])c([2H])c([2H])c4[2H])c([2H])c3[2H])c([2H])c2[2H])c([2H])c1[2H]. The maximum absolute atomic E-state index is 9.45. The number of nitrogens with zero attached hydrogens (tertiary/aromatic N) is 2. The van der Waals surface area contributed by atoms with Crippen LogP contribution in [0.25, 0.3) is 55.6 Å². The molecule has 0 heterocycles. The molecule has 10 aromatic rings. The van der Waals surface area contributed by atoms with Gasteiger partial charge in [-0.15, -0.1) is 0 Å². The number of hydrogen-bond acceptors (Lipinski definition) is 2. The van der Waals surface area contributed by atoms with Crippen LogP contribution in [0.5, 0.6) is 0 Å². The van der Waals surface area contributed by atoms with Gasteiger partial charge in [0.2, 0.25) is 0 Å². The highest BCUT2D eigenvalue weighted by Crippen LogP contribution is 2.40. The average molecular weight is 829 g/mol. The van der Waals surface area contributed by atoms with Crippen molar-refractivity contribution in [2.45, 2.75) is 0 Å². The number of hydrogen-bond donors (Lipinski definition) is 0. The summed E-state index contributed by atoms with van der Waals surface area (Å²) in [7, 11) is 0. The highest BCUT2D eigenvalue weighted by molar-refractivity contribution is 5.83. The Kier molecular flexibility index (Phi) is 4.35. The summed E-state index contributed by atoms with van der Waals surface area (Å²) in [5.74, 6) is 0. The predicted molar refractivity (Wildman–Crippen MR) is 263 cm³/mol. The minimum Gasteiger partial charge on any atom is -0.311 e. The zero-order valence-corrected chi connectivity index (χ0v) is 31.5. The molecule has 0 saturated heterocycles. The van der Waals surface area contributed by atoms with Crippen molar-refractivity contribution in [2.24, 2.45) is 0 Å². The first-order chi connectivity index (χ1) is 45.7. The Balaban J connectivity index is 1.15. The van der Waals surface area contributed by atoms with Crippen molar-refractivity contribution in [1.82, 2.24) is 0 Å². The summed E-state index contributed by atoms with van der Waals surface area (Å²) >= 11 is 0. The highest BCUT2D eigenvalue weighted by Gasteiger charge is 2.16. The smallest absolute Gasteiger partial charge is 0.0645 e. The van der Waals surface area contributed by atoms with Crippen LogP contribution >= 0.6 is 0 Å². The summed E-state index contributed by atoms with van der Waals surface area (Å²) in [4.78, 5) is 1.63. The Morgan fingerprint density at radius 3 is 0.661 bits per heavy atom. The van der Waals surface area contributed by atoms with Crippen molar-refractivity contribution in [3.63, 3.8) is 0 Å². The van der Waals surface area contributed by atoms with E-state index in [9.17, 15) is 16.4 Å². The summed E-state index contributed by atoms with van der Waals surface area (Å²) in [6.45, 7) is 0. The van der Waals surface area contributed by atoms with E-state index in [1.165, 1.54) is 48.5 Å². The van der Waals surface area contributed by atoms with E-state index in [-0.39, 0.29) is 22.5 Å². The van der Waals surface area contributed by atoms with Crippen LogP contribution in [0.2, 0.25) is 0 Å². The van der Waals surface area contributed by atoms with E-state index >= 15 is 0 Å². The van der Waals surface area contributed by atoms with Gasteiger partial charge < -0.3 is 9.80 Å². The van der Waals surface area contributed by atoms with E-state index in [2.05, 4.69) is 0 Å². The van der Waals surface area contributed by atoms with E-state index in [0.717, 1.165) is 9.80 Å². The number of anilines is 6. The molecule has 10 rings (SSSR count). The predicted octanol–water partition coefficient (Wildman–Crippen LogP) is 17.0. The third-order valence-corrected chi connectivity index (χ3v) is 8.93. The van der Waals surface area contributed by atoms with Crippen LogP contribution in [0, 0.1) is 0 Å². The zero-order chi connectivity index (χ0) is 72.8. The van der Waals surface area contributed by atoms with Gasteiger partial charge in [-0.25, -0.2) is 0 Å². The first-order valence-corrected chi connectivity index (χ1v) is 18.2. The van der Waals surface area contributed by atoms with E-state index in [1.807, 2.05) is 0 Å². The van der Waals surface area contributed by atoms with Crippen molar-refractivity contribution in [3.8, 4) is 55.6 Å². The standard InChI is InChI=1S/C60H44N2/c1-5-13-45(14-6-1)48-21-23-49(24-22-48)52-29-39-56(40-30-52)61(55-19-11-4-12-20-55)57-41-31-53(32-42-57)54-33-43-60(44-34-54)62(58-35-25-50(26-36-58)46-15-7-2-8-16-46)59-37-27-51(28-38-59)47-17-9-3-10-18-47/h1-44H/i1D,2D,3D,4D,5D,6D,7D,8D,9D,10D,11D,12D,13D,14D,15D,16D,17D,18D,19D,20D,21D,22D,23D,24D,25D,26D,27D,28D,29D,30D,35D,36D,37D,38D,39D,40D. The van der Waals surface area contributed by atoms with Crippen LogP contribution in [0.15, 0.2) is 266 Å². The monoisotopic (exact) mass is 829 g/mol. The van der Waals surface area contributed by atoms with Crippen LogP contribution in [0.4, 0.5) is 34.1 Å². The van der Waals surface area contributed by atoms with Crippen molar-refractivity contribution in [3.05, 3.63) is 266 Å². The number of rotatable bonds is 11. The van der Waals surface area contributed by atoms with Gasteiger partial charge in [-0.2, -0.15) is 0 Å². The van der Waals surface area contributed by atoms with Crippen molar-refractivity contribution < 1.29 is 49.3 Å². The van der Waals surface area contributed by atoms with Crippen LogP contribution in [-0.4, -0.2) is 0 Å². The lowest BCUT2D eigenvalue weighted by Gasteiger charge is -2.26. The van der Waals surface area contributed by atoms with E-state index < -0.39 is 285 Å². The molecule has 2 heteroatoms. The molecule has 0 atom stereocenters. The normalized spacial score (nSPS) is 19.0. The quantitative estimate of drug-likeness (QED) is 0.128. The second-order valence-corrected chi connectivity index (χ2v) is 12.7. The summed E-state index contributed by atoms with van der Waals surface area (Å²) in [6.07, 6.45) is 0. The molecule has 10 aromatic carbocycles. The summed E-state index contributed by atoms with van der Waals surface area (Å²) in [5.41, 5.74) is -8.97. The fraction of sp³-hybridized carbons (Fsp3) is 0. The molecule has 0 aliphatic rings. The molecule has 0 aliphatic heterocycles. The molecule has 0 spiro atoms. The van der Waals surface area contributed by atoms with Gasteiger partial charge in [0.15, 0.2) is 0 Å². The van der Waals surface area contributed by atoms with Gasteiger partial charge in [-0.3, -0.25) is 0 Å². The van der Waals surface area contributed by atoms with Gasteiger partial charge in [-0.1, -0.05) is 193 Å². The van der Waals surface area contributed by atoms with Crippen LogP contribution in [0.1, 0.15) is 49.3 Å². The second-order valence-electron chi connectivity index (χ2n) is 12.7. The molecule has 0 saturated carbocycles. The Bertz CT molecular complexity index is 4800. The van der Waals surface area contributed by atoms with E-state index in [4.69, 9.17) is 32.9 Å². The van der Waals surface area contributed by atoms with Crippen molar-refractivity contribution >= 4 is 34.1 Å². The molecule has 0 fully saturated rings. The molecular weight excluding hydrogens is 749 g/mol. The van der Waals surface area contributed by atoms with Gasteiger partial charge in [0.1, 0.15) is 0 Å². The first-order valence-electron chi connectivity index (χ1n) is 36.2. The molecule has 2 nitrogen and oxygen atoms in total. The topological polar surface area (TPSA) is 6.48 Å². The third kappa shape index (κ3) is 8.18. The maximum Gasteiger partial charge on any atom is 0.0645 e. The Hall–Kier alpha value is -8.20. The Morgan fingerprint density at radius 2 is 0.387 bits per heavy atom. The summed E-state index contributed by atoms with van der Waals surface area (Å²) in [6, 6.07) is -22.9. The Labute approximate surface area is 415 Å². The summed E-state index contributed by atoms with van der Waals surface area (Å²) in [5, 5.41) is 0. The van der Waals surface area contributed by atoms with Gasteiger partial charge in [0, 0.05) is 34.1 Å². The fourth-order valence-electron chi connectivity index (χ4n) is 6.02. The minimum absolute atomic E-state index is 0.193. The molecular formula is C60H44N2. The largest absolute Gasteiger partial charge is 0.311 e. The molecule has 294 valence electrons. The van der Waals surface area contributed by atoms with Gasteiger partial charge in [0.25, 0.3) is 0 Å². The minimum atomic E-state index is -1.03. The first kappa shape index (κ1) is 15.4. The average Bonchev–Trinajstić information content (AvgIpc) is 0.732. The summed E-state index contributed by atoms with van der Waals surface area (Å²) < 4.78 is 317. The van der Waals surface area contributed by atoms with Gasteiger partial charge >= 0.3 is 0 Å². The van der Waals surface area contributed by atoms with E-state index in [0.29, 0.717) is 0 Å². The highest BCUT2D eigenvalue weighted by atomic mass is 15.1. The molecule has 62 heavy (non-hydrogen) atoms. The van der Waals surface area contributed by atoms with Crippen molar-refractivity contribution in [1.29, 1.82) is 0 Å². The fourth-order valence-corrected chi connectivity index (χ4v) is 6.02. The van der Waals surface area contributed by atoms with Crippen LogP contribution < -0.4 is 9.80 Å². The Morgan fingerprint density at radius 1 is 0.177 bits per heavy atom. The molecule has 0 amide bonds. The lowest BCUT2D eigenvalue weighted by molar-refractivity contribution is 1.28. The van der Waals surface area contributed by atoms with Crippen LogP contribution in [0.3, 0.4) is 0 Å². The molecule has 0 bridgehead atoms. The van der Waals surface area contributed by atoms with Gasteiger partial charge in [0.05, 0.1) is 49.3 Å². The van der Waals surface area contributed by atoms with E-state index in [1.54, 1.807) is 0 Å². The van der Waals surface area contributed by atoms with Gasteiger partial charge in [-0.05, 0) is 128 Å². The van der Waals surface area contributed by atoms with Crippen LogP contribution in [-0.2, 0) is 0 Å². The molecule has 0 N–H and O–H groups in total. The molecule has 0 radical (unpaired) electrons. The lowest BCUT2D eigenvalue weighted by atomic mass is 10.00. The number of benzene rings is 10. The second kappa shape index (κ2) is 17.6. The maximum atomic E-state index is 9.45.